The molecule has 0 radical (unpaired) electrons. The van der Waals surface area contributed by atoms with Crippen LogP contribution in [0.1, 0.15) is 20.8 Å². The van der Waals surface area contributed by atoms with Gasteiger partial charge >= 0.3 is 0 Å². The van der Waals surface area contributed by atoms with Gasteiger partial charge in [0.25, 0.3) is 11.8 Å². The van der Waals surface area contributed by atoms with Crippen molar-refractivity contribution >= 4 is 23.1 Å². The summed E-state index contributed by atoms with van der Waals surface area (Å²) in [5.41, 5.74) is 1.84. The Morgan fingerprint density at radius 1 is 1.17 bits per heavy atom. The highest BCUT2D eigenvalue weighted by Crippen LogP contribution is 2.20. The number of nitrogens with one attached hydrogen (secondary N) is 1. The molecule has 10 heteroatoms. The average molecular weight is 407 g/mol. The predicted octanol–water partition coefficient (Wildman–Crippen LogP) is 2.22. The van der Waals surface area contributed by atoms with Gasteiger partial charge in [0.05, 0.1) is 11.8 Å². The monoisotopic (exact) mass is 407 g/mol. The van der Waals surface area contributed by atoms with Gasteiger partial charge in [-0.1, -0.05) is 12.1 Å². The summed E-state index contributed by atoms with van der Waals surface area (Å²) in [7, 11) is 4.80. The molecule has 0 unspecified atom stereocenters. The number of benzene rings is 1. The molecular formula is C20H18FN7O2. The van der Waals surface area contributed by atoms with E-state index in [1.807, 2.05) is 0 Å². The first-order chi connectivity index (χ1) is 14.3. The van der Waals surface area contributed by atoms with E-state index in [1.54, 1.807) is 51.6 Å². The maximum Gasteiger partial charge on any atom is 0.274 e. The van der Waals surface area contributed by atoms with Crippen molar-refractivity contribution in [3.05, 3.63) is 65.9 Å². The molecular weight excluding hydrogens is 389 g/mol. The third-order valence-corrected chi connectivity index (χ3v) is 4.47. The molecule has 0 spiro atoms. The maximum absolute atomic E-state index is 13.5. The molecule has 1 aromatic carbocycles. The topological polar surface area (TPSA) is 97.4 Å². The second-order valence-electron chi connectivity index (χ2n) is 6.85. The van der Waals surface area contributed by atoms with Crippen LogP contribution < -0.4 is 5.32 Å². The maximum atomic E-state index is 13.5. The summed E-state index contributed by atoms with van der Waals surface area (Å²) in [5.74, 6) is -0.808. The van der Waals surface area contributed by atoms with E-state index in [-0.39, 0.29) is 23.0 Å². The molecule has 2 amide bonds. The molecule has 3 aromatic heterocycles. The van der Waals surface area contributed by atoms with Crippen molar-refractivity contribution in [3.63, 3.8) is 0 Å². The molecule has 0 atom stereocenters. The van der Waals surface area contributed by atoms with E-state index in [2.05, 4.69) is 20.5 Å². The van der Waals surface area contributed by atoms with Crippen LogP contribution in [-0.2, 0) is 7.05 Å². The van der Waals surface area contributed by atoms with Gasteiger partial charge in [-0.3, -0.25) is 14.3 Å². The third kappa shape index (κ3) is 3.50. The van der Waals surface area contributed by atoms with Crippen molar-refractivity contribution in [1.82, 2.24) is 29.3 Å². The summed E-state index contributed by atoms with van der Waals surface area (Å²) in [6.45, 7) is 0. The zero-order valence-corrected chi connectivity index (χ0v) is 16.5. The number of aryl methyl sites for hydroxylation is 1. The highest BCUT2D eigenvalue weighted by molar-refractivity contribution is 6.11. The molecule has 0 saturated carbocycles. The van der Waals surface area contributed by atoms with Gasteiger partial charge in [-0.05, 0) is 18.2 Å². The fraction of sp³-hybridized carbons (Fsp3) is 0.150. The standard InChI is InChI=1S/C20H18FN7O2/c1-26(2)20(30)15-11-22-27(3)17(15)19(29)23-14-7-8-28-16(10-14)24-18(25-28)12-5-4-6-13(21)9-12/h4-11H,1-3H3,(H,23,29). The van der Waals surface area contributed by atoms with Gasteiger partial charge in [-0.25, -0.2) is 13.9 Å². The Morgan fingerprint density at radius 3 is 2.70 bits per heavy atom. The number of nitrogens with zero attached hydrogens (tertiary/aromatic N) is 6. The molecule has 0 aliphatic rings. The SMILES string of the molecule is CN(C)C(=O)c1cnn(C)c1C(=O)Nc1ccn2nc(-c3cccc(F)c3)nc2c1. The van der Waals surface area contributed by atoms with Crippen molar-refractivity contribution in [2.24, 2.45) is 7.05 Å². The van der Waals surface area contributed by atoms with Crippen LogP contribution >= 0.6 is 0 Å². The first-order valence-corrected chi connectivity index (χ1v) is 9.01. The van der Waals surface area contributed by atoms with Crippen LogP contribution in [0, 0.1) is 5.82 Å². The van der Waals surface area contributed by atoms with E-state index in [0.29, 0.717) is 22.7 Å². The molecule has 0 bridgehead atoms. The largest absolute Gasteiger partial charge is 0.345 e. The predicted molar refractivity (Wildman–Crippen MR) is 108 cm³/mol. The number of carbonyl (C=O) groups excluding carboxylic acids is 2. The molecule has 4 aromatic rings. The second kappa shape index (κ2) is 7.39. The van der Waals surface area contributed by atoms with Gasteiger partial charge < -0.3 is 10.2 Å². The van der Waals surface area contributed by atoms with Crippen molar-refractivity contribution in [2.45, 2.75) is 0 Å². The lowest BCUT2D eigenvalue weighted by Gasteiger charge is -2.11. The summed E-state index contributed by atoms with van der Waals surface area (Å²) >= 11 is 0. The van der Waals surface area contributed by atoms with Crippen molar-refractivity contribution in [3.8, 4) is 11.4 Å². The van der Waals surface area contributed by atoms with E-state index < -0.39 is 5.91 Å². The van der Waals surface area contributed by atoms with Gasteiger partial charge in [0.1, 0.15) is 11.5 Å². The highest BCUT2D eigenvalue weighted by Gasteiger charge is 2.23. The number of rotatable bonds is 4. The minimum Gasteiger partial charge on any atom is -0.345 e. The molecule has 0 saturated heterocycles. The molecule has 30 heavy (non-hydrogen) atoms. The number of pyridine rings is 1. The quantitative estimate of drug-likeness (QED) is 0.560. The lowest BCUT2D eigenvalue weighted by atomic mass is 10.2. The van der Waals surface area contributed by atoms with Gasteiger partial charge in [0, 0.05) is 44.7 Å². The average Bonchev–Trinajstić information content (AvgIpc) is 3.30. The van der Waals surface area contributed by atoms with Crippen LogP contribution in [0.5, 0.6) is 0 Å². The lowest BCUT2D eigenvalue weighted by molar-refractivity contribution is 0.0821. The Hall–Kier alpha value is -4.08. The number of carbonyl (C=O) groups is 2. The van der Waals surface area contributed by atoms with E-state index in [9.17, 15) is 14.0 Å². The minimum atomic E-state index is -0.477. The Kier molecular flexibility index (Phi) is 4.74. The Morgan fingerprint density at radius 2 is 1.97 bits per heavy atom. The Labute approximate surface area is 170 Å². The van der Waals surface area contributed by atoms with E-state index in [4.69, 9.17) is 0 Å². The molecule has 0 fully saturated rings. The lowest BCUT2D eigenvalue weighted by Crippen LogP contribution is -2.26. The van der Waals surface area contributed by atoms with Gasteiger partial charge in [0.15, 0.2) is 11.5 Å². The normalized spacial score (nSPS) is 10.9. The minimum absolute atomic E-state index is 0.149. The number of hydrogen-bond donors (Lipinski definition) is 1. The summed E-state index contributed by atoms with van der Waals surface area (Å²) in [6, 6.07) is 9.29. The van der Waals surface area contributed by atoms with Gasteiger partial charge in [0.2, 0.25) is 0 Å². The zero-order chi connectivity index (χ0) is 21.4. The number of anilines is 1. The molecule has 1 N–H and O–H groups in total. The first-order valence-electron chi connectivity index (χ1n) is 9.01. The van der Waals surface area contributed by atoms with E-state index in [0.717, 1.165) is 0 Å². The van der Waals surface area contributed by atoms with Crippen molar-refractivity contribution < 1.29 is 14.0 Å². The number of amides is 2. The van der Waals surface area contributed by atoms with Crippen LogP contribution in [0.4, 0.5) is 10.1 Å². The van der Waals surface area contributed by atoms with E-state index in [1.165, 1.54) is 32.4 Å². The molecule has 0 aliphatic carbocycles. The third-order valence-electron chi connectivity index (χ3n) is 4.47. The Bertz CT molecular complexity index is 1280. The first kappa shape index (κ1) is 19.2. The summed E-state index contributed by atoms with van der Waals surface area (Å²) < 4.78 is 16.4. The molecule has 0 aliphatic heterocycles. The fourth-order valence-corrected chi connectivity index (χ4v) is 3.00. The highest BCUT2D eigenvalue weighted by atomic mass is 19.1. The van der Waals surface area contributed by atoms with Crippen LogP contribution in [0.15, 0.2) is 48.8 Å². The summed E-state index contributed by atoms with van der Waals surface area (Å²) in [4.78, 5) is 30.9. The zero-order valence-electron chi connectivity index (χ0n) is 16.5. The van der Waals surface area contributed by atoms with Crippen LogP contribution in [-0.4, -0.2) is 55.2 Å². The fourth-order valence-electron chi connectivity index (χ4n) is 3.00. The van der Waals surface area contributed by atoms with Crippen LogP contribution in [0.2, 0.25) is 0 Å². The van der Waals surface area contributed by atoms with Gasteiger partial charge in [-0.15, -0.1) is 5.10 Å². The van der Waals surface area contributed by atoms with Crippen molar-refractivity contribution in [2.75, 3.05) is 19.4 Å². The van der Waals surface area contributed by atoms with E-state index >= 15 is 0 Å². The van der Waals surface area contributed by atoms with Crippen molar-refractivity contribution in [1.29, 1.82) is 0 Å². The summed E-state index contributed by atoms with van der Waals surface area (Å²) in [5, 5.41) is 11.1. The number of halogens is 1. The molecule has 9 nitrogen and oxygen atoms in total. The van der Waals surface area contributed by atoms with Crippen LogP contribution in [0.3, 0.4) is 0 Å². The summed E-state index contributed by atoms with van der Waals surface area (Å²) in [6.07, 6.45) is 3.00. The Balaban J connectivity index is 1.63. The number of fused-ring (bicyclic) bond motifs is 1. The number of aromatic nitrogens is 5. The van der Waals surface area contributed by atoms with Gasteiger partial charge in [-0.2, -0.15) is 5.10 Å². The molecule has 152 valence electrons. The smallest absolute Gasteiger partial charge is 0.274 e. The second-order valence-corrected chi connectivity index (χ2v) is 6.85. The molecule has 3 heterocycles. The molecule has 4 rings (SSSR count). The number of hydrogen-bond acceptors (Lipinski definition) is 5. The van der Waals surface area contributed by atoms with Crippen LogP contribution in [0.25, 0.3) is 17.0 Å².